The summed E-state index contributed by atoms with van der Waals surface area (Å²) in [6.45, 7) is 1.76. The van der Waals surface area contributed by atoms with Crippen molar-refractivity contribution in [3.63, 3.8) is 0 Å². The van der Waals surface area contributed by atoms with E-state index in [4.69, 9.17) is 14.2 Å². The van der Waals surface area contributed by atoms with E-state index in [0.717, 1.165) is 24.8 Å². The van der Waals surface area contributed by atoms with Crippen molar-refractivity contribution in [1.29, 1.82) is 0 Å². The van der Waals surface area contributed by atoms with Crippen molar-refractivity contribution in [2.75, 3.05) is 37.9 Å². The van der Waals surface area contributed by atoms with Crippen LogP contribution >= 0.6 is 11.8 Å². The number of carbonyl (C=O) groups excluding carboxylic acids is 2. The molecule has 25 heavy (non-hydrogen) atoms. The van der Waals surface area contributed by atoms with Crippen molar-refractivity contribution >= 4 is 23.5 Å². The highest BCUT2D eigenvalue weighted by Gasteiger charge is 2.21. The van der Waals surface area contributed by atoms with Crippen molar-refractivity contribution < 1.29 is 34.0 Å². The Kier molecular flexibility index (Phi) is 8.03. The summed E-state index contributed by atoms with van der Waals surface area (Å²) in [5.74, 6) is -0.0540. The highest BCUT2D eigenvalue weighted by molar-refractivity contribution is 7.99. The van der Waals surface area contributed by atoms with Gasteiger partial charge in [0, 0.05) is 17.9 Å². The highest BCUT2D eigenvalue weighted by atomic mass is 32.2. The Morgan fingerprint density at radius 1 is 1.24 bits per heavy atom. The van der Waals surface area contributed by atoms with Crippen molar-refractivity contribution in [1.82, 2.24) is 0 Å². The van der Waals surface area contributed by atoms with Gasteiger partial charge in [-0.15, -0.1) is 0 Å². The molecule has 0 radical (unpaired) electrons. The van der Waals surface area contributed by atoms with Crippen molar-refractivity contribution in [2.45, 2.75) is 18.9 Å². The van der Waals surface area contributed by atoms with Gasteiger partial charge in [0.05, 0.1) is 19.6 Å². The molecule has 1 aliphatic heterocycles. The molecular formula is C17H22O7S. The molecule has 1 aliphatic rings. The maximum Gasteiger partial charge on any atom is 0.307 e. The second-order valence-electron chi connectivity index (χ2n) is 5.53. The van der Waals surface area contributed by atoms with Gasteiger partial charge in [0.25, 0.3) is 0 Å². The van der Waals surface area contributed by atoms with Crippen LogP contribution in [-0.4, -0.2) is 66.0 Å². The standard InChI is InChI=1S/C17H22O7S/c18-14-3-2-12(8-15(14)19)16(20)11-24-17(21)4-7-25-6-1-5-22-9-13-10-23-13/h2-3,8,13,18-19H,1,4-7,9-11H2. The lowest BCUT2D eigenvalue weighted by molar-refractivity contribution is -0.141. The second-order valence-corrected chi connectivity index (χ2v) is 6.76. The number of esters is 1. The average molecular weight is 370 g/mol. The average Bonchev–Trinajstić information content (AvgIpc) is 3.41. The maximum atomic E-state index is 11.8. The first-order chi connectivity index (χ1) is 12.1. The van der Waals surface area contributed by atoms with Gasteiger partial charge in [-0.3, -0.25) is 9.59 Å². The van der Waals surface area contributed by atoms with Gasteiger partial charge >= 0.3 is 5.97 Å². The van der Waals surface area contributed by atoms with Gasteiger partial charge in [-0.25, -0.2) is 0 Å². The van der Waals surface area contributed by atoms with Crippen LogP contribution in [0.3, 0.4) is 0 Å². The first-order valence-corrected chi connectivity index (χ1v) is 9.19. The smallest absolute Gasteiger partial charge is 0.307 e. The number of ether oxygens (including phenoxy) is 3. The summed E-state index contributed by atoms with van der Waals surface area (Å²) in [5, 5.41) is 18.5. The predicted octanol–water partition coefficient (Wildman–Crippen LogP) is 1.75. The number of thioether (sulfide) groups is 1. The summed E-state index contributed by atoms with van der Waals surface area (Å²) >= 11 is 1.63. The van der Waals surface area contributed by atoms with Crippen LogP contribution in [0.5, 0.6) is 11.5 Å². The van der Waals surface area contributed by atoms with Crippen LogP contribution in [0.1, 0.15) is 23.2 Å². The predicted molar refractivity (Wildman–Crippen MR) is 92.2 cm³/mol. The molecular weight excluding hydrogens is 348 g/mol. The fourth-order valence-corrected chi connectivity index (χ4v) is 2.74. The molecule has 1 heterocycles. The van der Waals surface area contributed by atoms with Crippen LogP contribution in [0, 0.1) is 0 Å². The Hall–Kier alpha value is -1.77. The van der Waals surface area contributed by atoms with E-state index in [1.807, 2.05) is 0 Å². The zero-order valence-corrected chi connectivity index (χ0v) is 14.6. The van der Waals surface area contributed by atoms with Crippen molar-refractivity contribution in [3.8, 4) is 11.5 Å². The SMILES string of the molecule is O=C(CCSCCCOCC1CO1)OCC(=O)c1ccc(O)c(O)c1. The summed E-state index contributed by atoms with van der Waals surface area (Å²) in [4.78, 5) is 23.4. The number of rotatable bonds is 12. The number of phenols is 2. The third kappa shape index (κ3) is 7.76. The van der Waals surface area contributed by atoms with Crippen LogP contribution in [0.15, 0.2) is 18.2 Å². The highest BCUT2D eigenvalue weighted by Crippen LogP contribution is 2.25. The van der Waals surface area contributed by atoms with Crippen LogP contribution in [0.25, 0.3) is 0 Å². The summed E-state index contributed by atoms with van der Waals surface area (Å²) in [6.07, 6.45) is 1.43. The Bertz CT molecular complexity index is 586. The molecule has 1 aromatic rings. The Labute approximate surface area is 150 Å². The molecule has 1 unspecified atom stereocenters. The molecule has 7 nitrogen and oxygen atoms in total. The third-order valence-corrected chi connectivity index (χ3v) is 4.47. The number of hydrogen-bond acceptors (Lipinski definition) is 8. The first-order valence-electron chi connectivity index (χ1n) is 8.04. The molecule has 0 bridgehead atoms. The van der Waals surface area contributed by atoms with Gasteiger partial charge in [0.1, 0.15) is 6.10 Å². The lowest BCUT2D eigenvalue weighted by atomic mass is 10.1. The van der Waals surface area contributed by atoms with Crippen LogP contribution in [0.2, 0.25) is 0 Å². The minimum atomic E-state index is -0.439. The molecule has 0 aliphatic carbocycles. The monoisotopic (exact) mass is 370 g/mol. The fraction of sp³-hybridized carbons (Fsp3) is 0.529. The molecule has 0 aromatic heterocycles. The third-order valence-electron chi connectivity index (χ3n) is 3.40. The van der Waals surface area contributed by atoms with Crippen LogP contribution < -0.4 is 0 Å². The van der Waals surface area contributed by atoms with E-state index >= 15 is 0 Å². The Morgan fingerprint density at radius 3 is 2.76 bits per heavy atom. The lowest BCUT2D eigenvalue weighted by Gasteiger charge is -2.06. The van der Waals surface area contributed by atoms with Gasteiger partial charge in [-0.05, 0) is 30.4 Å². The minimum absolute atomic E-state index is 0.175. The van der Waals surface area contributed by atoms with E-state index in [1.54, 1.807) is 11.8 Å². The normalized spacial score (nSPS) is 15.8. The van der Waals surface area contributed by atoms with Crippen LogP contribution in [0.4, 0.5) is 0 Å². The van der Waals surface area contributed by atoms with E-state index in [9.17, 15) is 19.8 Å². The summed E-state index contributed by atoms with van der Waals surface area (Å²) in [6, 6.07) is 3.71. The van der Waals surface area contributed by atoms with Crippen molar-refractivity contribution in [2.24, 2.45) is 0 Å². The lowest BCUT2D eigenvalue weighted by Crippen LogP contribution is -2.14. The maximum absolute atomic E-state index is 11.8. The van der Waals surface area contributed by atoms with E-state index in [0.29, 0.717) is 19.0 Å². The molecule has 1 atom stereocenters. The minimum Gasteiger partial charge on any atom is -0.504 e. The van der Waals surface area contributed by atoms with Gasteiger partial charge in [-0.1, -0.05) is 0 Å². The molecule has 1 fully saturated rings. The molecule has 0 saturated carbocycles. The molecule has 1 aromatic carbocycles. The number of Topliss-reactive ketones (excluding diaryl/α,β-unsaturated/α-hetero) is 1. The van der Waals surface area contributed by atoms with Gasteiger partial charge in [0.2, 0.25) is 0 Å². The molecule has 1 saturated heterocycles. The number of benzene rings is 1. The number of phenolic OH excluding ortho intramolecular Hbond substituents is 2. The summed E-state index contributed by atoms with van der Waals surface area (Å²) in [5.41, 5.74) is 0.175. The van der Waals surface area contributed by atoms with Gasteiger partial charge < -0.3 is 24.4 Å². The topological polar surface area (TPSA) is 106 Å². The zero-order chi connectivity index (χ0) is 18.1. The van der Waals surface area contributed by atoms with E-state index < -0.39 is 11.8 Å². The molecule has 2 N–H and O–H groups in total. The number of hydrogen-bond donors (Lipinski definition) is 2. The Morgan fingerprint density at radius 2 is 2.04 bits per heavy atom. The number of epoxide rings is 1. The number of aromatic hydroxyl groups is 2. The molecule has 138 valence electrons. The molecule has 0 amide bonds. The molecule has 2 rings (SSSR count). The number of carbonyl (C=O) groups is 2. The van der Waals surface area contributed by atoms with Crippen molar-refractivity contribution in [3.05, 3.63) is 23.8 Å². The summed E-state index contributed by atoms with van der Waals surface area (Å²) < 4.78 is 15.4. The van der Waals surface area contributed by atoms with E-state index in [1.165, 1.54) is 12.1 Å². The molecule has 0 spiro atoms. The fourth-order valence-electron chi connectivity index (χ4n) is 1.90. The first kappa shape index (κ1) is 19.6. The second kappa shape index (κ2) is 10.3. The zero-order valence-electron chi connectivity index (χ0n) is 13.8. The van der Waals surface area contributed by atoms with E-state index in [-0.39, 0.29) is 36.2 Å². The Balaban J connectivity index is 1.49. The van der Waals surface area contributed by atoms with Gasteiger partial charge in [0.15, 0.2) is 23.9 Å². The van der Waals surface area contributed by atoms with Crippen LogP contribution in [-0.2, 0) is 19.0 Å². The largest absolute Gasteiger partial charge is 0.504 e. The summed E-state index contributed by atoms with van der Waals surface area (Å²) in [7, 11) is 0. The number of ketones is 1. The molecule has 8 heteroatoms. The van der Waals surface area contributed by atoms with E-state index in [2.05, 4.69) is 0 Å². The quantitative estimate of drug-likeness (QED) is 0.188. The van der Waals surface area contributed by atoms with Gasteiger partial charge in [-0.2, -0.15) is 11.8 Å².